The molecule has 0 heterocycles. The largest absolute Gasteiger partial charge is 1.00 e. The fourth-order valence-electron chi connectivity index (χ4n) is 4.00. The summed E-state index contributed by atoms with van der Waals surface area (Å²) >= 11 is 0. The van der Waals surface area contributed by atoms with Crippen molar-refractivity contribution >= 4 is 12.2 Å². The Morgan fingerprint density at radius 2 is 1.17 bits per heavy atom. The van der Waals surface area contributed by atoms with Crippen molar-refractivity contribution in [3.8, 4) is 0 Å². The molecular formula is C22H23Na. The minimum atomic E-state index is 0. The minimum absolute atomic E-state index is 0. The standard InChI is InChI=1S/C22H22.Na.H/c1-15-5-3-7-21-17(11-13-19(15)21)9-10-18-12-14-20-16(2)6-4-8-22(18)20;;/h3-8,11-14,17-18H,9-10H2,1-2H3;;/q;+1;-1. The van der Waals surface area contributed by atoms with E-state index in [0.29, 0.717) is 11.8 Å². The van der Waals surface area contributed by atoms with Crippen LogP contribution in [0.3, 0.4) is 0 Å². The quantitative estimate of drug-likeness (QED) is 0.764. The van der Waals surface area contributed by atoms with Gasteiger partial charge in [-0.25, -0.2) is 0 Å². The molecular weight excluding hydrogens is 287 g/mol. The number of fused-ring (bicyclic) bond motifs is 2. The van der Waals surface area contributed by atoms with Crippen LogP contribution in [0.15, 0.2) is 48.6 Å². The molecule has 0 amide bonds. The van der Waals surface area contributed by atoms with Crippen LogP contribution in [0.2, 0.25) is 0 Å². The molecule has 2 aliphatic rings. The first-order chi connectivity index (χ1) is 10.7. The zero-order valence-corrected chi connectivity index (χ0v) is 16.3. The molecule has 2 atom stereocenters. The Kier molecular flexibility index (Phi) is 4.96. The minimum Gasteiger partial charge on any atom is -1.00 e. The summed E-state index contributed by atoms with van der Waals surface area (Å²) in [4.78, 5) is 0. The van der Waals surface area contributed by atoms with Gasteiger partial charge in [0.15, 0.2) is 0 Å². The Morgan fingerprint density at radius 1 is 0.739 bits per heavy atom. The number of allylic oxidation sites excluding steroid dienone is 2. The van der Waals surface area contributed by atoms with Gasteiger partial charge in [-0.1, -0.05) is 60.7 Å². The summed E-state index contributed by atoms with van der Waals surface area (Å²) < 4.78 is 0. The fourth-order valence-corrected chi connectivity index (χ4v) is 4.00. The molecule has 2 aromatic rings. The van der Waals surface area contributed by atoms with Crippen LogP contribution in [0.25, 0.3) is 12.2 Å². The van der Waals surface area contributed by atoms with E-state index >= 15 is 0 Å². The zero-order chi connectivity index (χ0) is 15.1. The molecule has 0 spiro atoms. The SMILES string of the molecule is Cc1cccc2c1C=CC2CCC1C=Cc2c(C)cccc21.[H-].[Na+]. The molecule has 0 saturated carbocycles. The van der Waals surface area contributed by atoms with Crippen molar-refractivity contribution in [1.29, 1.82) is 0 Å². The summed E-state index contributed by atoms with van der Waals surface area (Å²) in [5, 5.41) is 0. The monoisotopic (exact) mass is 310 g/mol. The summed E-state index contributed by atoms with van der Waals surface area (Å²) in [7, 11) is 0. The Hall–Kier alpha value is -1.08. The van der Waals surface area contributed by atoms with E-state index in [9.17, 15) is 0 Å². The summed E-state index contributed by atoms with van der Waals surface area (Å²) in [6.07, 6.45) is 11.9. The van der Waals surface area contributed by atoms with Gasteiger partial charge in [0.05, 0.1) is 0 Å². The van der Waals surface area contributed by atoms with E-state index in [1.54, 1.807) is 0 Å². The molecule has 0 N–H and O–H groups in total. The molecule has 112 valence electrons. The van der Waals surface area contributed by atoms with Crippen molar-refractivity contribution in [1.82, 2.24) is 0 Å². The molecule has 0 aliphatic heterocycles. The van der Waals surface area contributed by atoms with Crippen molar-refractivity contribution in [3.63, 3.8) is 0 Å². The van der Waals surface area contributed by atoms with Gasteiger partial charge in [-0.3, -0.25) is 0 Å². The van der Waals surface area contributed by atoms with E-state index < -0.39 is 0 Å². The zero-order valence-electron chi connectivity index (χ0n) is 15.3. The van der Waals surface area contributed by atoms with Gasteiger partial charge in [0.1, 0.15) is 0 Å². The first kappa shape index (κ1) is 16.8. The molecule has 4 rings (SSSR count). The van der Waals surface area contributed by atoms with Gasteiger partial charge in [0.2, 0.25) is 0 Å². The molecule has 1 heteroatoms. The average Bonchev–Trinajstić information content (AvgIpc) is 3.11. The van der Waals surface area contributed by atoms with Crippen molar-refractivity contribution < 1.29 is 31.0 Å². The van der Waals surface area contributed by atoms with Crippen LogP contribution >= 0.6 is 0 Å². The number of rotatable bonds is 3. The van der Waals surface area contributed by atoms with E-state index in [2.05, 4.69) is 74.5 Å². The Labute approximate surface area is 163 Å². The first-order valence-corrected chi connectivity index (χ1v) is 8.29. The predicted molar refractivity (Wildman–Crippen MR) is 96.3 cm³/mol. The summed E-state index contributed by atoms with van der Waals surface area (Å²) in [5.41, 5.74) is 8.74. The van der Waals surface area contributed by atoms with E-state index in [0.717, 1.165) is 0 Å². The summed E-state index contributed by atoms with van der Waals surface area (Å²) in [6, 6.07) is 13.4. The van der Waals surface area contributed by atoms with E-state index in [4.69, 9.17) is 0 Å². The van der Waals surface area contributed by atoms with Crippen molar-refractivity contribution in [3.05, 3.63) is 81.9 Å². The van der Waals surface area contributed by atoms with Gasteiger partial charge in [0.25, 0.3) is 0 Å². The molecule has 0 fully saturated rings. The topological polar surface area (TPSA) is 0 Å². The fraction of sp³-hybridized carbons (Fsp3) is 0.273. The predicted octanol–water partition coefficient (Wildman–Crippen LogP) is 3.12. The maximum Gasteiger partial charge on any atom is 1.00 e. The molecule has 0 nitrogen and oxygen atoms in total. The van der Waals surface area contributed by atoms with Crippen LogP contribution in [-0.4, -0.2) is 0 Å². The van der Waals surface area contributed by atoms with Crippen molar-refractivity contribution in [2.45, 2.75) is 38.5 Å². The number of benzene rings is 2. The third-order valence-corrected chi connectivity index (χ3v) is 5.29. The van der Waals surface area contributed by atoms with E-state index in [1.807, 2.05) is 0 Å². The maximum atomic E-state index is 2.40. The van der Waals surface area contributed by atoms with E-state index in [-0.39, 0.29) is 31.0 Å². The van der Waals surface area contributed by atoms with Gasteiger partial charge in [-0.2, -0.15) is 0 Å². The van der Waals surface area contributed by atoms with Crippen molar-refractivity contribution in [2.24, 2.45) is 0 Å². The van der Waals surface area contributed by atoms with Crippen LogP contribution in [0.1, 0.15) is 59.5 Å². The second kappa shape index (κ2) is 6.81. The molecule has 0 radical (unpaired) electrons. The smallest absolute Gasteiger partial charge is 1.00 e. The van der Waals surface area contributed by atoms with Crippen LogP contribution in [0, 0.1) is 13.8 Å². The molecule has 0 saturated heterocycles. The Bertz CT molecular complexity index is 721. The van der Waals surface area contributed by atoms with Gasteiger partial charge < -0.3 is 1.43 Å². The number of aryl methyl sites for hydroxylation is 2. The van der Waals surface area contributed by atoms with Crippen LogP contribution in [0.4, 0.5) is 0 Å². The van der Waals surface area contributed by atoms with Gasteiger partial charge in [-0.05, 0) is 60.1 Å². The molecule has 0 aromatic heterocycles. The Morgan fingerprint density at radius 3 is 1.61 bits per heavy atom. The third-order valence-electron chi connectivity index (χ3n) is 5.29. The maximum absolute atomic E-state index is 2.40. The Balaban J connectivity index is 0.00000104. The van der Waals surface area contributed by atoms with Crippen LogP contribution < -0.4 is 29.6 Å². The summed E-state index contributed by atoms with van der Waals surface area (Å²) in [6.45, 7) is 4.43. The first-order valence-electron chi connectivity index (χ1n) is 8.29. The van der Waals surface area contributed by atoms with Gasteiger partial charge >= 0.3 is 29.6 Å². The third kappa shape index (κ3) is 3.01. The van der Waals surface area contributed by atoms with E-state index in [1.165, 1.54) is 46.2 Å². The normalized spacial score (nSPS) is 20.3. The average molecular weight is 310 g/mol. The molecule has 2 aromatic carbocycles. The molecule has 23 heavy (non-hydrogen) atoms. The number of hydrogen-bond acceptors (Lipinski definition) is 0. The van der Waals surface area contributed by atoms with Crippen LogP contribution in [0.5, 0.6) is 0 Å². The summed E-state index contributed by atoms with van der Waals surface area (Å²) in [5.74, 6) is 1.19. The second-order valence-corrected chi connectivity index (χ2v) is 6.66. The molecule has 2 aliphatic carbocycles. The van der Waals surface area contributed by atoms with Gasteiger partial charge in [-0.15, -0.1) is 0 Å². The number of hydrogen-bond donors (Lipinski definition) is 0. The van der Waals surface area contributed by atoms with Crippen LogP contribution in [-0.2, 0) is 0 Å². The van der Waals surface area contributed by atoms with Crippen molar-refractivity contribution in [2.75, 3.05) is 0 Å². The molecule has 0 bridgehead atoms. The van der Waals surface area contributed by atoms with Gasteiger partial charge in [0, 0.05) is 11.8 Å². The second-order valence-electron chi connectivity index (χ2n) is 6.66. The molecule has 2 unspecified atom stereocenters.